The monoisotopic (exact) mass is 194 g/mol. The van der Waals surface area contributed by atoms with Gasteiger partial charge >= 0.3 is 0 Å². The minimum absolute atomic E-state index is 0.0538. The third kappa shape index (κ3) is 1.32. The van der Waals surface area contributed by atoms with E-state index in [0.29, 0.717) is 0 Å². The van der Waals surface area contributed by atoms with Crippen molar-refractivity contribution in [2.24, 2.45) is 0 Å². The second-order valence-electron chi connectivity index (χ2n) is 2.79. The molecule has 14 heavy (non-hydrogen) atoms. The second kappa shape index (κ2) is 3.10. The lowest BCUT2D eigenvalue weighted by Crippen LogP contribution is -2.24. The number of nitrogens with zero attached hydrogens (tertiary/aromatic N) is 1. The Kier molecular flexibility index (Phi) is 1.92. The fourth-order valence-corrected chi connectivity index (χ4v) is 1.27. The summed E-state index contributed by atoms with van der Waals surface area (Å²) < 4.78 is 18.0. The molecule has 5 heteroatoms. The molecule has 2 aromatic rings. The molecule has 4 nitrogen and oxygen atoms in total. The zero-order valence-corrected chi connectivity index (χ0v) is 6.99. The first-order chi connectivity index (χ1) is 6.68. The Morgan fingerprint density at radius 2 is 2.36 bits per heavy atom. The van der Waals surface area contributed by atoms with Gasteiger partial charge in [-0.25, -0.2) is 4.39 Å². The maximum atomic E-state index is 13.2. The zero-order valence-electron chi connectivity index (χ0n) is 6.99. The van der Waals surface area contributed by atoms with Crippen LogP contribution < -0.4 is 5.11 Å². The third-order valence-corrected chi connectivity index (χ3v) is 1.83. The number of hydrogen-bond acceptors (Lipinski definition) is 4. The van der Waals surface area contributed by atoms with Gasteiger partial charge in [0.2, 0.25) is 0 Å². The summed E-state index contributed by atoms with van der Waals surface area (Å²) in [6.07, 6.45) is -0.450. The lowest BCUT2D eigenvalue weighted by Gasteiger charge is -1.97. The molecular formula is C9H5FNO3-. The number of carbonyl (C=O) groups is 1. The normalized spacial score (nSPS) is 10.6. The van der Waals surface area contributed by atoms with Gasteiger partial charge in [0.1, 0.15) is 5.82 Å². The molecule has 0 spiro atoms. The van der Waals surface area contributed by atoms with Gasteiger partial charge < -0.3 is 14.4 Å². The largest absolute Gasteiger partial charge is 0.550 e. The van der Waals surface area contributed by atoms with Crippen molar-refractivity contribution in [3.05, 3.63) is 29.7 Å². The SMILES string of the molecule is O=C([O-])Cc1noc2cccc(F)c12. The van der Waals surface area contributed by atoms with E-state index in [4.69, 9.17) is 4.52 Å². The Hall–Kier alpha value is -1.91. The highest BCUT2D eigenvalue weighted by Gasteiger charge is 2.11. The van der Waals surface area contributed by atoms with Gasteiger partial charge in [-0.2, -0.15) is 0 Å². The molecule has 0 N–H and O–H groups in total. The number of hydrogen-bond donors (Lipinski definition) is 0. The molecule has 0 fully saturated rings. The van der Waals surface area contributed by atoms with Crippen molar-refractivity contribution in [1.29, 1.82) is 0 Å². The third-order valence-electron chi connectivity index (χ3n) is 1.83. The molecule has 2 rings (SSSR count). The Bertz CT molecular complexity index is 492. The molecule has 0 saturated carbocycles. The Morgan fingerprint density at radius 3 is 3.07 bits per heavy atom. The number of halogens is 1. The van der Waals surface area contributed by atoms with Crippen LogP contribution in [0.2, 0.25) is 0 Å². The van der Waals surface area contributed by atoms with E-state index < -0.39 is 18.2 Å². The van der Waals surface area contributed by atoms with Crippen molar-refractivity contribution in [2.45, 2.75) is 6.42 Å². The lowest BCUT2D eigenvalue weighted by atomic mass is 10.1. The summed E-state index contributed by atoms with van der Waals surface area (Å²) in [5.74, 6) is -1.86. The first-order valence-electron chi connectivity index (χ1n) is 3.91. The van der Waals surface area contributed by atoms with Crippen LogP contribution in [-0.4, -0.2) is 11.1 Å². The fraction of sp³-hybridized carbons (Fsp3) is 0.111. The van der Waals surface area contributed by atoms with Crippen LogP contribution in [0.15, 0.2) is 22.7 Å². The number of carboxylic acids is 1. The highest BCUT2D eigenvalue weighted by atomic mass is 19.1. The maximum absolute atomic E-state index is 13.2. The molecule has 1 heterocycles. The van der Waals surface area contributed by atoms with E-state index in [1.165, 1.54) is 18.2 Å². The number of rotatable bonds is 2. The van der Waals surface area contributed by atoms with E-state index in [0.717, 1.165) is 0 Å². The van der Waals surface area contributed by atoms with Crippen LogP contribution in [0.4, 0.5) is 4.39 Å². The number of fused-ring (bicyclic) bond motifs is 1. The number of aliphatic carboxylic acids is 1. The van der Waals surface area contributed by atoms with Gasteiger partial charge in [-0.15, -0.1) is 0 Å². The number of aromatic nitrogens is 1. The molecular weight excluding hydrogens is 189 g/mol. The summed E-state index contributed by atoms with van der Waals surface area (Å²) in [6, 6.07) is 4.20. The van der Waals surface area contributed by atoms with Crippen LogP contribution in [0.5, 0.6) is 0 Å². The first-order valence-corrected chi connectivity index (χ1v) is 3.91. The van der Waals surface area contributed by atoms with Crippen molar-refractivity contribution in [2.75, 3.05) is 0 Å². The molecule has 0 bridgehead atoms. The van der Waals surface area contributed by atoms with Crippen molar-refractivity contribution in [3.63, 3.8) is 0 Å². The van der Waals surface area contributed by atoms with Gasteiger partial charge in [0, 0.05) is 12.4 Å². The highest BCUT2D eigenvalue weighted by Crippen LogP contribution is 2.21. The molecule has 0 amide bonds. The van der Waals surface area contributed by atoms with Gasteiger partial charge in [0.15, 0.2) is 5.58 Å². The van der Waals surface area contributed by atoms with Gasteiger partial charge in [-0.05, 0) is 12.1 Å². The fourth-order valence-electron chi connectivity index (χ4n) is 1.27. The van der Waals surface area contributed by atoms with Crippen LogP contribution in [0.3, 0.4) is 0 Å². The van der Waals surface area contributed by atoms with E-state index in [9.17, 15) is 14.3 Å². The predicted molar refractivity (Wildman–Crippen MR) is 42.7 cm³/mol. The van der Waals surface area contributed by atoms with E-state index >= 15 is 0 Å². The van der Waals surface area contributed by atoms with Crippen LogP contribution in [0.1, 0.15) is 5.69 Å². The van der Waals surface area contributed by atoms with Gasteiger partial charge in [-0.3, -0.25) is 0 Å². The standard InChI is InChI=1S/C9H6FNO3/c10-5-2-1-3-7-9(5)6(11-14-7)4-8(12)13/h1-3H,4H2,(H,12,13)/p-1. The Labute approximate surface area is 77.9 Å². The summed E-state index contributed by atoms with van der Waals surface area (Å²) in [7, 11) is 0. The molecule has 0 aliphatic carbocycles. The smallest absolute Gasteiger partial charge is 0.170 e. The lowest BCUT2D eigenvalue weighted by molar-refractivity contribution is -0.304. The van der Waals surface area contributed by atoms with Crippen molar-refractivity contribution >= 4 is 16.9 Å². The molecule has 1 aromatic carbocycles. The van der Waals surface area contributed by atoms with Gasteiger partial charge in [-0.1, -0.05) is 11.2 Å². The molecule has 1 aromatic heterocycles. The zero-order chi connectivity index (χ0) is 10.1. The highest BCUT2D eigenvalue weighted by molar-refractivity contribution is 5.83. The number of benzene rings is 1. The number of carbonyl (C=O) groups excluding carboxylic acids is 1. The summed E-state index contributed by atoms with van der Waals surface area (Å²) in [4.78, 5) is 10.3. The van der Waals surface area contributed by atoms with Gasteiger partial charge in [0.05, 0.1) is 11.1 Å². The molecule has 0 saturated heterocycles. The molecule has 0 aliphatic heterocycles. The Morgan fingerprint density at radius 1 is 1.57 bits per heavy atom. The predicted octanol–water partition coefficient (Wildman–Crippen LogP) is 0.259. The maximum Gasteiger partial charge on any atom is 0.170 e. The van der Waals surface area contributed by atoms with E-state index in [2.05, 4.69) is 5.16 Å². The van der Waals surface area contributed by atoms with Crippen LogP contribution in [0, 0.1) is 5.82 Å². The van der Waals surface area contributed by atoms with E-state index in [-0.39, 0.29) is 16.7 Å². The van der Waals surface area contributed by atoms with Crippen molar-refractivity contribution in [1.82, 2.24) is 5.16 Å². The average Bonchev–Trinajstić information content (AvgIpc) is 2.49. The van der Waals surface area contributed by atoms with Crippen LogP contribution >= 0.6 is 0 Å². The number of carboxylic acid groups (broad SMARTS) is 1. The van der Waals surface area contributed by atoms with Crippen molar-refractivity contribution in [3.8, 4) is 0 Å². The molecule has 0 aliphatic rings. The molecule has 0 radical (unpaired) electrons. The summed E-state index contributed by atoms with van der Waals surface area (Å²) in [5.41, 5.74) is 0.291. The molecule has 0 atom stereocenters. The summed E-state index contributed by atoms with van der Waals surface area (Å²) in [6.45, 7) is 0. The van der Waals surface area contributed by atoms with Crippen LogP contribution in [-0.2, 0) is 11.2 Å². The van der Waals surface area contributed by atoms with Crippen molar-refractivity contribution < 1.29 is 18.8 Å². The molecule has 0 unspecified atom stereocenters. The first kappa shape index (κ1) is 8.68. The second-order valence-corrected chi connectivity index (χ2v) is 2.79. The summed E-state index contributed by atoms with van der Waals surface area (Å²) in [5, 5.41) is 13.9. The topological polar surface area (TPSA) is 66.2 Å². The minimum atomic E-state index is -1.32. The van der Waals surface area contributed by atoms with Crippen LogP contribution in [0.25, 0.3) is 11.0 Å². The van der Waals surface area contributed by atoms with E-state index in [1.807, 2.05) is 0 Å². The van der Waals surface area contributed by atoms with Gasteiger partial charge in [0.25, 0.3) is 0 Å². The minimum Gasteiger partial charge on any atom is -0.550 e. The quantitative estimate of drug-likeness (QED) is 0.687. The van der Waals surface area contributed by atoms with E-state index in [1.54, 1.807) is 0 Å². The Balaban J connectivity index is 2.61. The summed E-state index contributed by atoms with van der Waals surface area (Å²) >= 11 is 0. The molecule has 72 valence electrons. The average molecular weight is 194 g/mol.